The first-order valence-electron chi connectivity index (χ1n) is 5.81. The van der Waals surface area contributed by atoms with Gasteiger partial charge in [-0.3, -0.25) is 4.79 Å². The summed E-state index contributed by atoms with van der Waals surface area (Å²) in [7, 11) is 0. The molecule has 1 atom stereocenters. The van der Waals surface area contributed by atoms with Crippen LogP contribution >= 0.6 is 24.4 Å². The molecule has 1 amide bonds. The van der Waals surface area contributed by atoms with Crippen molar-refractivity contribution in [2.45, 2.75) is 33.1 Å². The van der Waals surface area contributed by atoms with Crippen LogP contribution in [-0.4, -0.2) is 29.0 Å². The normalized spacial score (nSPS) is 11.6. The SMILES string of the molecule is CCC(=O)NCC(C)CCCNC(=S)C(N)=S. The average molecular weight is 275 g/mol. The van der Waals surface area contributed by atoms with E-state index in [-0.39, 0.29) is 10.9 Å². The maximum atomic E-state index is 11.0. The second-order valence-electron chi connectivity index (χ2n) is 4.03. The average Bonchev–Trinajstić information content (AvgIpc) is 2.30. The summed E-state index contributed by atoms with van der Waals surface area (Å²) in [6.07, 6.45) is 2.54. The van der Waals surface area contributed by atoms with Gasteiger partial charge in [-0.25, -0.2) is 0 Å². The molecule has 6 heteroatoms. The van der Waals surface area contributed by atoms with Crippen LogP contribution < -0.4 is 16.4 Å². The highest BCUT2D eigenvalue weighted by Crippen LogP contribution is 2.03. The summed E-state index contributed by atoms with van der Waals surface area (Å²) in [6, 6.07) is 0. The smallest absolute Gasteiger partial charge is 0.219 e. The van der Waals surface area contributed by atoms with Crippen molar-refractivity contribution in [1.29, 1.82) is 0 Å². The van der Waals surface area contributed by atoms with E-state index < -0.39 is 0 Å². The highest BCUT2D eigenvalue weighted by molar-refractivity contribution is 7.89. The van der Waals surface area contributed by atoms with Crippen LogP contribution in [0.5, 0.6) is 0 Å². The van der Waals surface area contributed by atoms with Crippen molar-refractivity contribution < 1.29 is 4.79 Å². The molecule has 0 saturated carbocycles. The Morgan fingerprint density at radius 2 is 2.00 bits per heavy atom. The van der Waals surface area contributed by atoms with E-state index in [0.29, 0.717) is 17.3 Å². The van der Waals surface area contributed by atoms with Crippen molar-refractivity contribution >= 4 is 40.3 Å². The lowest BCUT2D eigenvalue weighted by molar-refractivity contribution is -0.120. The molecule has 0 aromatic heterocycles. The Labute approximate surface area is 114 Å². The molecule has 0 aromatic rings. The fourth-order valence-corrected chi connectivity index (χ4v) is 1.43. The van der Waals surface area contributed by atoms with Gasteiger partial charge in [-0.2, -0.15) is 0 Å². The minimum Gasteiger partial charge on any atom is -0.388 e. The predicted octanol–water partition coefficient (Wildman–Crippen LogP) is 1.13. The lowest BCUT2D eigenvalue weighted by Crippen LogP contribution is -2.34. The molecule has 1 unspecified atom stereocenters. The monoisotopic (exact) mass is 275 g/mol. The van der Waals surface area contributed by atoms with Crippen LogP contribution in [0.3, 0.4) is 0 Å². The van der Waals surface area contributed by atoms with E-state index in [1.807, 2.05) is 6.92 Å². The number of thiocarbonyl (C=S) groups is 2. The number of carbonyl (C=O) groups is 1. The molecule has 0 rings (SSSR count). The number of nitrogens with two attached hydrogens (primary N) is 1. The first kappa shape index (κ1) is 16.2. The van der Waals surface area contributed by atoms with Gasteiger partial charge in [0.25, 0.3) is 0 Å². The second-order valence-corrected chi connectivity index (χ2v) is 4.87. The quantitative estimate of drug-likeness (QED) is 0.480. The largest absolute Gasteiger partial charge is 0.388 e. The molecule has 0 saturated heterocycles. The van der Waals surface area contributed by atoms with Crippen LogP contribution in [0.25, 0.3) is 0 Å². The van der Waals surface area contributed by atoms with Crippen molar-refractivity contribution in [2.75, 3.05) is 13.1 Å². The van der Waals surface area contributed by atoms with Gasteiger partial charge in [-0.1, -0.05) is 38.3 Å². The number of hydrogen-bond donors (Lipinski definition) is 3. The van der Waals surface area contributed by atoms with Crippen molar-refractivity contribution in [1.82, 2.24) is 10.6 Å². The van der Waals surface area contributed by atoms with Crippen molar-refractivity contribution in [2.24, 2.45) is 11.7 Å². The van der Waals surface area contributed by atoms with Gasteiger partial charge in [0.05, 0.1) is 0 Å². The van der Waals surface area contributed by atoms with Gasteiger partial charge in [0, 0.05) is 19.5 Å². The third kappa shape index (κ3) is 9.00. The van der Waals surface area contributed by atoms with E-state index in [0.717, 1.165) is 25.9 Å². The molecule has 4 nitrogen and oxygen atoms in total. The fourth-order valence-electron chi connectivity index (χ4n) is 1.25. The fraction of sp³-hybridized carbons (Fsp3) is 0.727. The highest BCUT2D eigenvalue weighted by Gasteiger charge is 2.04. The van der Waals surface area contributed by atoms with Gasteiger partial charge in [0.2, 0.25) is 5.91 Å². The van der Waals surface area contributed by atoms with Gasteiger partial charge in [0.15, 0.2) is 0 Å². The van der Waals surface area contributed by atoms with Crippen molar-refractivity contribution in [3.63, 3.8) is 0 Å². The molecule has 0 radical (unpaired) electrons. The van der Waals surface area contributed by atoms with E-state index >= 15 is 0 Å². The molecule has 98 valence electrons. The summed E-state index contributed by atoms with van der Waals surface area (Å²) in [5.74, 6) is 0.565. The van der Waals surface area contributed by atoms with E-state index in [1.54, 1.807) is 0 Å². The molecule has 0 fully saturated rings. The van der Waals surface area contributed by atoms with Crippen LogP contribution in [0.4, 0.5) is 0 Å². The third-order valence-electron chi connectivity index (χ3n) is 2.35. The van der Waals surface area contributed by atoms with Crippen LogP contribution in [0.1, 0.15) is 33.1 Å². The molecule has 17 heavy (non-hydrogen) atoms. The third-order valence-corrected chi connectivity index (χ3v) is 3.05. The second kappa shape index (κ2) is 9.30. The van der Waals surface area contributed by atoms with E-state index in [1.165, 1.54) is 0 Å². The first-order chi connectivity index (χ1) is 7.97. The maximum Gasteiger partial charge on any atom is 0.219 e. The molecule has 0 heterocycles. The summed E-state index contributed by atoms with van der Waals surface area (Å²) in [5, 5.41) is 5.87. The lowest BCUT2D eigenvalue weighted by Gasteiger charge is -2.12. The maximum absolute atomic E-state index is 11.0. The van der Waals surface area contributed by atoms with Gasteiger partial charge in [0.1, 0.15) is 9.98 Å². The van der Waals surface area contributed by atoms with Gasteiger partial charge in [-0.05, 0) is 18.8 Å². The van der Waals surface area contributed by atoms with E-state index in [4.69, 9.17) is 30.2 Å². The van der Waals surface area contributed by atoms with Crippen LogP contribution in [0, 0.1) is 5.92 Å². The molecule has 0 aliphatic heterocycles. The summed E-state index contributed by atoms with van der Waals surface area (Å²) in [6.45, 7) is 5.46. The van der Waals surface area contributed by atoms with Crippen molar-refractivity contribution in [3.05, 3.63) is 0 Å². The Kier molecular flexibility index (Phi) is 8.89. The minimum atomic E-state index is 0.102. The number of hydrogen-bond acceptors (Lipinski definition) is 3. The minimum absolute atomic E-state index is 0.102. The zero-order chi connectivity index (χ0) is 13.3. The van der Waals surface area contributed by atoms with E-state index in [9.17, 15) is 4.79 Å². The molecular weight excluding hydrogens is 254 g/mol. The number of carbonyl (C=O) groups excluding carboxylic acids is 1. The molecule has 0 spiro atoms. The Bertz CT molecular complexity index is 282. The Morgan fingerprint density at radius 1 is 1.35 bits per heavy atom. The Hall–Kier alpha value is -0.750. The van der Waals surface area contributed by atoms with Gasteiger partial charge < -0.3 is 16.4 Å². The zero-order valence-electron chi connectivity index (χ0n) is 10.4. The highest BCUT2D eigenvalue weighted by atomic mass is 32.1. The zero-order valence-corrected chi connectivity index (χ0v) is 12.0. The van der Waals surface area contributed by atoms with Crippen LogP contribution in [0.15, 0.2) is 0 Å². The summed E-state index contributed by atoms with van der Waals surface area (Å²) >= 11 is 9.65. The molecule has 0 aliphatic rings. The summed E-state index contributed by atoms with van der Waals surface area (Å²) in [4.78, 5) is 11.7. The van der Waals surface area contributed by atoms with Crippen LogP contribution in [0.2, 0.25) is 0 Å². The summed E-state index contributed by atoms with van der Waals surface area (Å²) < 4.78 is 0. The Balaban J connectivity index is 3.51. The molecule has 0 aromatic carbocycles. The van der Waals surface area contributed by atoms with Gasteiger partial charge in [-0.15, -0.1) is 0 Å². The molecule has 4 N–H and O–H groups in total. The predicted molar refractivity (Wildman–Crippen MR) is 79.1 cm³/mol. The van der Waals surface area contributed by atoms with Gasteiger partial charge >= 0.3 is 0 Å². The molecule has 0 aliphatic carbocycles. The molecular formula is C11H21N3OS2. The first-order valence-corrected chi connectivity index (χ1v) is 6.63. The number of rotatable bonds is 7. The number of nitrogens with one attached hydrogen (secondary N) is 2. The Morgan fingerprint density at radius 3 is 2.53 bits per heavy atom. The van der Waals surface area contributed by atoms with Crippen LogP contribution in [-0.2, 0) is 4.79 Å². The topological polar surface area (TPSA) is 67.2 Å². The van der Waals surface area contributed by atoms with E-state index in [2.05, 4.69) is 17.6 Å². The lowest BCUT2D eigenvalue weighted by atomic mass is 10.1. The van der Waals surface area contributed by atoms with Crippen molar-refractivity contribution in [3.8, 4) is 0 Å². The molecule has 0 bridgehead atoms. The standard InChI is InChI=1S/C11H21N3OS2/c1-3-9(15)14-7-8(2)5-4-6-13-11(17)10(12)16/h8H,3-7H2,1-2H3,(H2,12,16)(H,13,17)(H,14,15). The number of amides is 1. The summed E-state index contributed by atoms with van der Waals surface area (Å²) in [5.41, 5.74) is 5.35.